The van der Waals surface area contributed by atoms with Crippen molar-refractivity contribution in [3.8, 4) is 0 Å². The number of piperidine rings is 1. The molecule has 1 amide bonds. The number of alkyl halides is 3. The lowest BCUT2D eigenvalue weighted by atomic mass is 10.0. The van der Waals surface area contributed by atoms with Crippen LogP contribution in [0.5, 0.6) is 0 Å². The number of nitrogens with one attached hydrogen (secondary N) is 2. The Hall–Kier alpha value is -3.03. The van der Waals surface area contributed by atoms with E-state index < -0.39 is 11.7 Å². The summed E-state index contributed by atoms with van der Waals surface area (Å²) in [5.41, 5.74) is 1.82. The molecule has 1 saturated heterocycles. The first-order valence-corrected chi connectivity index (χ1v) is 9.48. The fourth-order valence-electron chi connectivity index (χ4n) is 3.62. The fourth-order valence-corrected chi connectivity index (χ4v) is 3.62. The first-order chi connectivity index (χ1) is 13.8. The van der Waals surface area contributed by atoms with E-state index in [0.717, 1.165) is 28.7 Å². The van der Waals surface area contributed by atoms with Gasteiger partial charge in [-0.15, -0.1) is 0 Å². The van der Waals surface area contributed by atoms with Crippen molar-refractivity contribution in [2.45, 2.75) is 32.0 Å². The van der Waals surface area contributed by atoms with Gasteiger partial charge in [-0.2, -0.15) is 13.2 Å². The van der Waals surface area contributed by atoms with E-state index in [0.29, 0.717) is 37.4 Å². The van der Waals surface area contributed by atoms with Crippen molar-refractivity contribution in [3.63, 3.8) is 0 Å². The summed E-state index contributed by atoms with van der Waals surface area (Å²) in [6, 6.07) is 10.3. The van der Waals surface area contributed by atoms with Gasteiger partial charge in [-0.25, -0.2) is 4.98 Å². The van der Waals surface area contributed by atoms with Crippen molar-refractivity contribution in [2.24, 2.45) is 0 Å². The summed E-state index contributed by atoms with van der Waals surface area (Å²) in [7, 11) is 0. The molecular formula is C21H21F3N4O. The van der Waals surface area contributed by atoms with E-state index in [1.807, 2.05) is 36.1 Å². The zero-order chi connectivity index (χ0) is 20.6. The van der Waals surface area contributed by atoms with Gasteiger partial charge in [0.25, 0.3) is 5.91 Å². The van der Waals surface area contributed by atoms with Crippen molar-refractivity contribution in [1.82, 2.24) is 15.3 Å². The number of amides is 1. The molecule has 0 saturated carbocycles. The lowest BCUT2D eigenvalue weighted by Gasteiger charge is -2.33. The normalized spacial score (nSPS) is 15.7. The summed E-state index contributed by atoms with van der Waals surface area (Å²) in [6.45, 7) is 3.24. The van der Waals surface area contributed by atoms with Crippen LogP contribution in [0.2, 0.25) is 0 Å². The minimum absolute atomic E-state index is 0.0151. The largest absolute Gasteiger partial charge is 0.417 e. The van der Waals surface area contributed by atoms with Crippen LogP contribution in [0.1, 0.15) is 34.5 Å². The third-order valence-corrected chi connectivity index (χ3v) is 5.25. The number of carbonyl (C=O) groups excluding carboxylic acids is 1. The maximum absolute atomic E-state index is 12.7. The Kier molecular flexibility index (Phi) is 4.94. The summed E-state index contributed by atoms with van der Waals surface area (Å²) >= 11 is 0. The van der Waals surface area contributed by atoms with E-state index in [9.17, 15) is 18.0 Å². The van der Waals surface area contributed by atoms with Crippen LogP contribution in [0.25, 0.3) is 10.9 Å². The van der Waals surface area contributed by atoms with Gasteiger partial charge >= 0.3 is 6.18 Å². The van der Waals surface area contributed by atoms with Crippen molar-refractivity contribution in [3.05, 3.63) is 59.4 Å². The monoisotopic (exact) mass is 402 g/mol. The van der Waals surface area contributed by atoms with Crippen molar-refractivity contribution in [2.75, 3.05) is 18.0 Å². The van der Waals surface area contributed by atoms with Crippen LogP contribution < -0.4 is 10.2 Å². The third-order valence-electron chi connectivity index (χ3n) is 5.25. The van der Waals surface area contributed by atoms with Crippen LogP contribution in [0, 0.1) is 6.92 Å². The molecule has 0 aliphatic carbocycles. The molecule has 0 spiro atoms. The van der Waals surface area contributed by atoms with E-state index in [1.165, 1.54) is 6.07 Å². The second kappa shape index (κ2) is 7.42. The predicted octanol–water partition coefficient (Wildman–Crippen LogP) is 4.29. The van der Waals surface area contributed by atoms with Crippen LogP contribution in [-0.4, -0.2) is 35.0 Å². The molecule has 1 aliphatic rings. The molecule has 8 heteroatoms. The Balaban J connectivity index is 1.35. The van der Waals surface area contributed by atoms with E-state index in [2.05, 4.69) is 15.3 Å². The van der Waals surface area contributed by atoms with E-state index in [4.69, 9.17) is 0 Å². The number of aromatic nitrogens is 2. The molecule has 1 aliphatic heterocycles. The molecule has 3 heterocycles. The van der Waals surface area contributed by atoms with Crippen LogP contribution in [-0.2, 0) is 6.18 Å². The van der Waals surface area contributed by atoms with Gasteiger partial charge in [0, 0.05) is 36.2 Å². The van der Waals surface area contributed by atoms with E-state index in [-0.39, 0.29) is 11.9 Å². The molecule has 29 heavy (non-hydrogen) atoms. The first-order valence-electron chi connectivity index (χ1n) is 9.48. The number of halogens is 3. The maximum Gasteiger partial charge on any atom is 0.417 e. The van der Waals surface area contributed by atoms with Crippen molar-refractivity contribution < 1.29 is 18.0 Å². The number of carbonyl (C=O) groups is 1. The molecule has 4 rings (SSSR count). The highest BCUT2D eigenvalue weighted by Gasteiger charge is 2.31. The lowest BCUT2D eigenvalue weighted by molar-refractivity contribution is -0.137. The minimum atomic E-state index is -4.38. The second-order valence-corrected chi connectivity index (χ2v) is 7.41. The summed E-state index contributed by atoms with van der Waals surface area (Å²) in [5.74, 6) is 0.374. The third kappa shape index (κ3) is 4.21. The maximum atomic E-state index is 12.7. The van der Waals surface area contributed by atoms with Gasteiger partial charge in [-0.1, -0.05) is 12.1 Å². The van der Waals surface area contributed by atoms with E-state index >= 15 is 0 Å². The van der Waals surface area contributed by atoms with Crippen molar-refractivity contribution >= 4 is 22.6 Å². The Morgan fingerprint density at radius 3 is 2.59 bits per heavy atom. The van der Waals surface area contributed by atoms with Gasteiger partial charge < -0.3 is 15.2 Å². The number of aromatic amines is 1. The van der Waals surface area contributed by atoms with Gasteiger partial charge in [-0.3, -0.25) is 4.79 Å². The summed E-state index contributed by atoms with van der Waals surface area (Å²) in [5, 5.41) is 4.04. The number of hydrogen-bond acceptors (Lipinski definition) is 3. The summed E-state index contributed by atoms with van der Waals surface area (Å²) < 4.78 is 38.0. The summed E-state index contributed by atoms with van der Waals surface area (Å²) in [4.78, 5) is 21.6. The Morgan fingerprint density at radius 2 is 1.93 bits per heavy atom. The van der Waals surface area contributed by atoms with Gasteiger partial charge in [0.05, 0.1) is 5.56 Å². The van der Waals surface area contributed by atoms with E-state index in [1.54, 1.807) is 0 Å². The molecule has 0 atom stereocenters. The molecular weight excluding hydrogens is 381 g/mol. The standard InChI is InChI=1S/C21H21F3N4O/c1-13-2-3-14-11-18(27-17(14)10-13)20(29)26-16-6-8-28(9-7-16)19-5-4-15(12-25-19)21(22,23)24/h2-5,10-12,16,27H,6-9H2,1H3,(H,26,29). The van der Waals surface area contributed by atoms with Gasteiger partial charge in [-0.05, 0) is 49.6 Å². The molecule has 2 N–H and O–H groups in total. The zero-order valence-electron chi connectivity index (χ0n) is 15.9. The number of nitrogens with zero attached hydrogens (tertiary/aromatic N) is 2. The van der Waals surface area contributed by atoms with Crippen LogP contribution >= 0.6 is 0 Å². The highest BCUT2D eigenvalue weighted by molar-refractivity contribution is 5.98. The molecule has 152 valence electrons. The van der Waals surface area contributed by atoms with Crippen LogP contribution in [0.15, 0.2) is 42.6 Å². The Bertz CT molecular complexity index is 1020. The Labute approximate surface area is 165 Å². The molecule has 5 nitrogen and oxygen atoms in total. The molecule has 1 aromatic carbocycles. The molecule has 2 aromatic heterocycles. The summed E-state index contributed by atoms with van der Waals surface area (Å²) in [6.07, 6.45) is -2.12. The minimum Gasteiger partial charge on any atom is -0.356 e. The number of aryl methyl sites for hydroxylation is 1. The average molecular weight is 402 g/mol. The Morgan fingerprint density at radius 1 is 1.17 bits per heavy atom. The number of hydrogen-bond donors (Lipinski definition) is 2. The van der Waals surface area contributed by atoms with Gasteiger partial charge in [0.15, 0.2) is 0 Å². The molecule has 0 unspecified atom stereocenters. The molecule has 3 aromatic rings. The predicted molar refractivity (Wildman–Crippen MR) is 105 cm³/mol. The average Bonchev–Trinajstić information content (AvgIpc) is 3.11. The van der Waals surface area contributed by atoms with Crippen LogP contribution in [0.3, 0.4) is 0 Å². The number of anilines is 1. The highest BCUT2D eigenvalue weighted by Crippen LogP contribution is 2.29. The molecule has 0 radical (unpaired) electrons. The number of benzene rings is 1. The zero-order valence-corrected chi connectivity index (χ0v) is 15.9. The smallest absolute Gasteiger partial charge is 0.356 e. The molecule has 1 fully saturated rings. The first kappa shape index (κ1) is 19.3. The number of rotatable bonds is 3. The number of fused-ring (bicyclic) bond motifs is 1. The number of pyridine rings is 1. The topological polar surface area (TPSA) is 61.0 Å². The van der Waals surface area contributed by atoms with Crippen LogP contribution in [0.4, 0.5) is 19.0 Å². The SMILES string of the molecule is Cc1ccc2cc(C(=O)NC3CCN(c4ccc(C(F)(F)F)cn4)CC3)[nH]c2c1. The highest BCUT2D eigenvalue weighted by atomic mass is 19.4. The van der Waals surface area contributed by atoms with Gasteiger partial charge in [0.1, 0.15) is 11.5 Å². The quantitative estimate of drug-likeness (QED) is 0.687. The second-order valence-electron chi connectivity index (χ2n) is 7.41. The lowest BCUT2D eigenvalue weighted by Crippen LogP contribution is -2.45. The molecule has 0 bridgehead atoms. The van der Waals surface area contributed by atoms with Crippen molar-refractivity contribution in [1.29, 1.82) is 0 Å². The van der Waals surface area contributed by atoms with Gasteiger partial charge in [0.2, 0.25) is 0 Å². The number of H-pyrrole nitrogens is 1. The fraction of sp³-hybridized carbons (Fsp3) is 0.333.